The van der Waals surface area contributed by atoms with E-state index in [1.165, 1.54) is 0 Å². The van der Waals surface area contributed by atoms with Crippen LogP contribution in [-0.4, -0.2) is 46.2 Å². The molecule has 0 unspecified atom stereocenters. The van der Waals surface area contributed by atoms with Crippen LogP contribution in [0.3, 0.4) is 0 Å². The van der Waals surface area contributed by atoms with Crippen molar-refractivity contribution in [1.82, 2.24) is 0 Å². The largest absolute Gasteiger partial charge is 0.378 e. The summed E-state index contributed by atoms with van der Waals surface area (Å²) in [5.41, 5.74) is 2.91. The fraction of sp³-hybridized carbons (Fsp3) is 0.500. The van der Waals surface area contributed by atoms with Gasteiger partial charge in [0.15, 0.2) is 5.78 Å². The third-order valence-electron chi connectivity index (χ3n) is 3.22. The molecule has 1 aliphatic rings. The molecule has 1 aromatic rings. The number of nitrogens with zero attached hydrogens (tertiary/aromatic N) is 2. The van der Waals surface area contributed by atoms with Crippen molar-refractivity contribution in [2.75, 3.05) is 50.2 Å². The van der Waals surface area contributed by atoms with Crippen LogP contribution in [-0.2, 0) is 4.74 Å². The van der Waals surface area contributed by atoms with Gasteiger partial charge in [0, 0.05) is 44.1 Å². The highest BCUT2D eigenvalue weighted by molar-refractivity contribution is 6.00. The topological polar surface area (TPSA) is 32.8 Å². The first-order valence-electron chi connectivity index (χ1n) is 6.24. The zero-order valence-corrected chi connectivity index (χ0v) is 11.3. The summed E-state index contributed by atoms with van der Waals surface area (Å²) < 4.78 is 5.35. The van der Waals surface area contributed by atoms with E-state index in [-0.39, 0.29) is 5.78 Å². The van der Waals surface area contributed by atoms with Crippen LogP contribution in [0.1, 0.15) is 17.3 Å². The molecule has 0 aliphatic carbocycles. The summed E-state index contributed by atoms with van der Waals surface area (Å²) in [6.07, 6.45) is 0. The Balaban J connectivity index is 2.33. The lowest BCUT2D eigenvalue weighted by Crippen LogP contribution is -2.36. The van der Waals surface area contributed by atoms with Crippen molar-refractivity contribution in [2.24, 2.45) is 0 Å². The maximum atomic E-state index is 11.6. The maximum absolute atomic E-state index is 11.6. The molecule has 0 amide bonds. The number of rotatable bonds is 3. The minimum Gasteiger partial charge on any atom is -0.378 e. The molecule has 0 bridgehead atoms. The molecule has 1 fully saturated rings. The van der Waals surface area contributed by atoms with Gasteiger partial charge in [-0.1, -0.05) is 0 Å². The summed E-state index contributed by atoms with van der Waals surface area (Å²) in [7, 11) is 3.93. The van der Waals surface area contributed by atoms with Crippen molar-refractivity contribution in [2.45, 2.75) is 6.92 Å². The summed E-state index contributed by atoms with van der Waals surface area (Å²) in [6.45, 7) is 4.97. The predicted octanol–water partition coefficient (Wildman–Crippen LogP) is 1.79. The molecule has 2 rings (SSSR count). The van der Waals surface area contributed by atoms with Crippen LogP contribution in [0.4, 0.5) is 11.4 Å². The minimum absolute atomic E-state index is 0.104. The molecule has 18 heavy (non-hydrogen) atoms. The van der Waals surface area contributed by atoms with Crippen LogP contribution in [0.15, 0.2) is 18.2 Å². The zero-order valence-electron chi connectivity index (χ0n) is 11.3. The van der Waals surface area contributed by atoms with Gasteiger partial charge in [-0.15, -0.1) is 0 Å². The van der Waals surface area contributed by atoms with Gasteiger partial charge in [0.25, 0.3) is 0 Å². The Kier molecular flexibility index (Phi) is 3.87. The van der Waals surface area contributed by atoms with Gasteiger partial charge >= 0.3 is 0 Å². The van der Waals surface area contributed by atoms with Crippen LogP contribution in [0.25, 0.3) is 0 Å². The second-order valence-electron chi connectivity index (χ2n) is 4.75. The van der Waals surface area contributed by atoms with Crippen LogP contribution >= 0.6 is 0 Å². The third-order valence-corrected chi connectivity index (χ3v) is 3.22. The Hall–Kier alpha value is -1.55. The summed E-state index contributed by atoms with van der Waals surface area (Å²) in [5, 5.41) is 0. The van der Waals surface area contributed by atoms with Crippen molar-refractivity contribution in [3.8, 4) is 0 Å². The second kappa shape index (κ2) is 5.40. The van der Waals surface area contributed by atoms with Crippen molar-refractivity contribution in [1.29, 1.82) is 0 Å². The summed E-state index contributed by atoms with van der Waals surface area (Å²) >= 11 is 0. The maximum Gasteiger partial charge on any atom is 0.161 e. The standard InChI is InChI=1S/C14H20N2O2/c1-11(17)13-5-4-12(10-14(13)15(2)3)16-6-8-18-9-7-16/h4-5,10H,6-9H2,1-3H3. The van der Waals surface area contributed by atoms with Gasteiger partial charge in [-0.2, -0.15) is 0 Å². The molecule has 0 N–H and O–H groups in total. The molecular formula is C14H20N2O2. The van der Waals surface area contributed by atoms with Gasteiger partial charge in [-0.3, -0.25) is 4.79 Å². The van der Waals surface area contributed by atoms with Crippen LogP contribution < -0.4 is 9.80 Å². The van der Waals surface area contributed by atoms with Crippen LogP contribution in [0, 0.1) is 0 Å². The Morgan fingerprint density at radius 1 is 1.28 bits per heavy atom. The number of ether oxygens (including phenoxy) is 1. The van der Waals surface area contributed by atoms with E-state index in [2.05, 4.69) is 11.0 Å². The monoisotopic (exact) mass is 248 g/mol. The molecule has 0 atom stereocenters. The number of morpholine rings is 1. The number of ketones is 1. The van der Waals surface area contributed by atoms with E-state index < -0.39 is 0 Å². The smallest absolute Gasteiger partial charge is 0.161 e. The number of hydrogen-bond acceptors (Lipinski definition) is 4. The zero-order chi connectivity index (χ0) is 13.1. The minimum atomic E-state index is 0.104. The third kappa shape index (κ3) is 2.64. The average Bonchev–Trinajstić information content (AvgIpc) is 2.39. The first kappa shape index (κ1) is 12.9. The second-order valence-corrected chi connectivity index (χ2v) is 4.75. The highest BCUT2D eigenvalue weighted by atomic mass is 16.5. The quantitative estimate of drug-likeness (QED) is 0.764. The van der Waals surface area contributed by atoms with Gasteiger partial charge in [0.1, 0.15) is 0 Å². The number of carbonyl (C=O) groups is 1. The van der Waals surface area contributed by atoms with Gasteiger partial charge in [-0.05, 0) is 25.1 Å². The number of benzene rings is 1. The SMILES string of the molecule is CC(=O)c1ccc(N2CCOCC2)cc1N(C)C. The lowest BCUT2D eigenvalue weighted by molar-refractivity contribution is 0.101. The van der Waals surface area contributed by atoms with E-state index in [4.69, 9.17) is 4.74 Å². The van der Waals surface area contributed by atoms with Gasteiger partial charge < -0.3 is 14.5 Å². The first-order chi connectivity index (χ1) is 8.59. The molecular weight excluding hydrogens is 228 g/mol. The highest BCUT2D eigenvalue weighted by Gasteiger charge is 2.15. The van der Waals surface area contributed by atoms with E-state index in [1.54, 1.807) is 6.92 Å². The normalized spacial score (nSPS) is 15.6. The van der Waals surface area contributed by atoms with Crippen molar-refractivity contribution < 1.29 is 9.53 Å². The molecule has 4 nitrogen and oxygen atoms in total. The summed E-state index contributed by atoms with van der Waals surface area (Å²) in [4.78, 5) is 15.9. The number of carbonyl (C=O) groups excluding carboxylic acids is 1. The molecule has 1 aromatic carbocycles. The lowest BCUT2D eigenvalue weighted by Gasteiger charge is -2.30. The van der Waals surface area contributed by atoms with Crippen LogP contribution in [0.5, 0.6) is 0 Å². The highest BCUT2D eigenvalue weighted by Crippen LogP contribution is 2.26. The Morgan fingerprint density at radius 3 is 2.50 bits per heavy atom. The molecule has 1 heterocycles. The average molecular weight is 248 g/mol. The number of Topliss-reactive ketones (excluding diaryl/α,β-unsaturated/α-hetero) is 1. The molecule has 0 radical (unpaired) electrons. The van der Waals surface area contributed by atoms with E-state index in [1.807, 2.05) is 31.1 Å². The van der Waals surface area contributed by atoms with Crippen molar-refractivity contribution in [3.63, 3.8) is 0 Å². The van der Waals surface area contributed by atoms with Crippen molar-refractivity contribution >= 4 is 17.2 Å². The Morgan fingerprint density at radius 2 is 1.94 bits per heavy atom. The summed E-state index contributed by atoms with van der Waals surface area (Å²) in [6, 6.07) is 6.03. The molecule has 0 spiro atoms. The van der Waals surface area contributed by atoms with E-state index in [9.17, 15) is 4.79 Å². The Labute approximate surface area is 108 Å². The molecule has 0 saturated carbocycles. The molecule has 98 valence electrons. The van der Waals surface area contributed by atoms with Gasteiger partial charge in [-0.25, -0.2) is 0 Å². The molecule has 1 aliphatic heterocycles. The molecule has 1 saturated heterocycles. The molecule has 0 aromatic heterocycles. The van der Waals surface area contributed by atoms with Crippen LogP contribution in [0.2, 0.25) is 0 Å². The molecule has 4 heteroatoms. The van der Waals surface area contributed by atoms with Crippen molar-refractivity contribution in [3.05, 3.63) is 23.8 Å². The van der Waals surface area contributed by atoms with Gasteiger partial charge in [0.2, 0.25) is 0 Å². The Bertz CT molecular complexity index is 437. The fourth-order valence-corrected chi connectivity index (χ4v) is 2.21. The van der Waals surface area contributed by atoms with Gasteiger partial charge in [0.05, 0.1) is 13.2 Å². The predicted molar refractivity (Wildman–Crippen MR) is 73.8 cm³/mol. The number of hydrogen-bond donors (Lipinski definition) is 0. The summed E-state index contributed by atoms with van der Waals surface area (Å²) in [5.74, 6) is 0.104. The van der Waals surface area contributed by atoms with E-state index in [0.717, 1.165) is 43.2 Å². The van der Waals surface area contributed by atoms with E-state index in [0.29, 0.717) is 0 Å². The first-order valence-corrected chi connectivity index (χ1v) is 6.24. The number of anilines is 2. The lowest BCUT2D eigenvalue weighted by atomic mass is 10.1. The van der Waals surface area contributed by atoms with E-state index >= 15 is 0 Å². The fourth-order valence-electron chi connectivity index (χ4n) is 2.21.